The molecule has 0 amide bonds. The Labute approximate surface area is 187 Å². The van der Waals surface area contributed by atoms with E-state index >= 15 is 0 Å². The van der Waals surface area contributed by atoms with Crippen LogP contribution in [0.4, 0.5) is 14.5 Å². The van der Waals surface area contributed by atoms with E-state index in [-0.39, 0.29) is 18.3 Å². The van der Waals surface area contributed by atoms with Gasteiger partial charge in [-0.15, -0.1) is 0 Å². The molecule has 0 saturated carbocycles. The van der Waals surface area contributed by atoms with Crippen LogP contribution in [0.5, 0.6) is 17.2 Å². The molecule has 1 saturated heterocycles. The lowest BCUT2D eigenvalue weighted by atomic mass is 10.2. The molecule has 7 nitrogen and oxygen atoms in total. The lowest BCUT2D eigenvalue weighted by Crippen LogP contribution is -2.44. The summed E-state index contributed by atoms with van der Waals surface area (Å²) in [4.78, 5) is 6.84. The molecule has 0 radical (unpaired) electrons. The number of anilines is 1. The third kappa shape index (κ3) is 6.38. The van der Waals surface area contributed by atoms with Gasteiger partial charge in [-0.3, -0.25) is 0 Å². The average molecular weight is 449 g/mol. The van der Waals surface area contributed by atoms with Crippen LogP contribution in [0.1, 0.15) is 18.9 Å². The van der Waals surface area contributed by atoms with Gasteiger partial charge < -0.3 is 29.7 Å². The maximum atomic E-state index is 12.7. The van der Waals surface area contributed by atoms with Gasteiger partial charge in [-0.1, -0.05) is 18.2 Å². The SMILES string of the molecule is CCNC(=NCc1ccccc1OC(F)F)NC1CCN(c2cc(OC)cc(OC)c2)C1. The molecule has 9 heteroatoms. The van der Waals surface area contributed by atoms with Crippen LogP contribution >= 0.6 is 0 Å². The normalized spacial score (nSPS) is 16.2. The van der Waals surface area contributed by atoms with E-state index in [1.807, 2.05) is 25.1 Å². The van der Waals surface area contributed by atoms with Crippen LogP contribution < -0.4 is 29.7 Å². The van der Waals surface area contributed by atoms with Crippen LogP contribution in [0.25, 0.3) is 0 Å². The van der Waals surface area contributed by atoms with E-state index in [0.29, 0.717) is 18.1 Å². The maximum absolute atomic E-state index is 12.7. The van der Waals surface area contributed by atoms with E-state index in [2.05, 4.69) is 25.3 Å². The summed E-state index contributed by atoms with van der Waals surface area (Å²) < 4.78 is 40.7. The highest BCUT2D eigenvalue weighted by Gasteiger charge is 2.24. The second kappa shape index (κ2) is 11.4. The van der Waals surface area contributed by atoms with Crippen molar-refractivity contribution in [2.45, 2.75) is 32.5 Å². The second-order valence-electron chi connectivity index (χ2n) is 7.33. The number of nitrogens with one attached hydrogen (secondary N) is 2. The van der Waals surface area contributed by atoms with Crippen LogP contribution in [-0.4, -0.2) is 52.5 Å². The summed E-state index contributed by atoms with van der Waals surface area (Å²) in [6.45, 7) is 1.68. The number of hydrogen-bond acceptors (Lipinski definition) is 5. The first-order valence-corrected chi connectivity index (χ1v) is 10.6. The van der Waals surface area contributed by atoms with Gasteiger partial charge in [-0.2, -0.15) is 8.78 Å². The number of aliphatic imine (C=N–C) groups is 1. The first-order chi connectivity index (χ1) is 15.5. The lowest BCUT2D eigenvalue weighted by Gasteiger charge is -2.21. The van der Waals surface area contributed by atoms with Crippen molar-refractivity contribution in [1.29, 1.82) is 0 Å². The zero-order valence-electron chi connectivity index (χ0n) is 18.6. The topological polar surface area (TPSA) is 67.4 Å². The van der Waals surface area contributed by atoms with Crippen LogP contribution in [0.15, 0.2) is 47.5 Å². The minimum absolute atomic E-state index is 0.140. The van der Waals surface area contributed by atoms with Crippen LogP contribution in [0.3, 0.4) is 0 Å². The predicted octanol–water partition coefficient (Wildman–Crippen LogP) is 3.64. The minimum Gasteiger partial charge on any atom is -0.497 e. The van der Waals surface area contributed by atoms with Crippen LogP contribution in [-0.2, 0) is 6.54 Å². The number of rotatable bonds is 9. The molecular formula is C23H30F2N4O3. The Bertz CT molecular complexity index is 888. The first kappa shape index (κ1) is 23.4. The van der Waals surface area contributed by atoms with Gasteiger partial charge in [0, 0.05) is 55.1 Å². The molecule has 0 aliphatic carbocycles. The molecule has 32 heavy (non-hydrogen) atoms. The molecule has 2 aromatic carbocycles. The van der Waals surface area contributed by atoms with Gasteiger partial charge in [0.05, 0.1) is 20.8 Å². The molecular weight excluding hydrogens is 418 g/mol. The van der Waals surface area contributed by atoms with Gasteiger partial charge in [-0.25, -0.2) is 4.99 Å². The van der Waals surface area contributed by atoms with Gasteiger partial charge in [0.15, 0.2) is 5.96 Å². The summed E-state index contributed by atoms with van der Waals surface area (Å²) in [5.41, 5.74) is 1.63. The molecule has 0 aromatic heterocycles. The summed E-state index contributed by atoms with van der Waals surface area (Å²) in [7, 11) is 3.27. The Morgan fingerprint density at radius 2 is 1.88 bits per heavy atom. The number of guanidine groups is 1. The average Bonchev–Trinajstić information content (AvgIpc) is 3.26. The second-order valence-corrected chi connectivity index (χ2v) is 7.33. The van der Waals surface area contributed by atoms with Gasteiger partial charge in [0.2, 0.25) is 0 Å². The smallest absolute Gasteiger partial charge is 0.387 e. The Hall–Kier alpha value is -3.23. The number of methoxy groups -OCH3 is 2. The van der Waals surface area contributed by atoms with Crippen molar-refractivity contribution in [2.24, 2.45) is 4.99 Å². The summed E-state index contributed by atoms with van der Waals surface area (Å²) in [5, 5.41) is 6.67. The molecule has 1 fully saturated rings. The number of hydrogen-bond donors (Lipinski definition) is 2. The molecule has 1 unspecified atom stereocenters. The molecule has 1 atom stereocenters. The van der Waals surface area contributed by atoms with E-state index in [4.69, 9.17) is 9.47 Å². The third-order valence-electron chi connectivity index (χ3n) is 5.17. The van der Waals surface area contributed by atoms with Gasteiger partial charge in [0.1, 0.15) is 17.2 Å². The maximum Gasteiger partial charge on any atom is 0.387 e. The Balaban J connectivity index is 1.66. The first-order valence-electron chi connectivity index (χ1n) is 10.6. The Morgan fingerprint density at radius 3 is 2.53 bits per heavy atom. The Kier molecular flexibility index (Phi) is 8.35. The third-order valence-corrected chi connectivity index (χ3v) is 5.17. The molecule has 0 bridgehead atoms. The van der Waals surface area contributed by atoms with E-state index in [0.717, 1.165) is 36.7 Å². The molecule has 1 aliphatic rings. The van der Waals surface area contributed by atoms with E-state index in [1.54, 1.807) is 32.4 Å². The van der Waals surface area contributed by atoms with Gasteiger partial charge >= 0.3 is 6.61 Å². The van der Waals surface area contributed by atoms with Gasteiger partial charge in [-0.05, 0) is 19.4 Å². The summed E-state index contributed by atoms with van der Waals surface area (Å²) in [6, 6.07) is 12.7. The summed E-state index contributed by atoms with van der Waals surface area (Å²) in [5.74, 6) is 2.27. The lowest BCUT2D eigenvalue weighted by molar-refractivity contribution is -0.0504. The van der Waals surface area contributed by atoms with E-state index in [9.17, 15) is 8.78 Å². The van der Waals surface area contributed by atoms with Crippen LogP contribution in [0, 0.1) is 0 Å². The number of halogens is 2. The minimum atomic E-state index is -2.87. The molecule has 3 rings (SSSR count). The van der Waals surface area contributed by atoms with Crippen molar-refractivity contribution < 1.29 is 23.0 Å². The predicted molar refractivity (Wildman–Crippen MR) is 121 cm³/mol. The van der Waals surface area contributed by atoms with Crippen molar-refractivity contribution in [3.05, 3.63) is 48.0 Å². The molecule has 174 valence electrons. The van der Waals surface area contributed by atoms with Crippen molar-refractivity contribution in [2.75, 3.05) is 38.8 Å². The fourth-order valence-electron chi connectivity index (χ4n) is 3.61. The zero-order valence-corrected chi connectivity index (χ0v) is 18.6. The zero-order chi connectivity index (χ0) is 22.9. The summed E-state index contributed by atoms with van der Waals surface area (Å²) in [6.07, 6.45) is 0.926. The fraction of sp³-hybridized carbons (Fsp3) is 0.435. The number of ether oxygens (including phenoxy) is 3. The largest absolute Gasteiger partial charge is 0.497 e. The van der Waals surface area contributed by atoms with Gasteiger partial charge in [0.25, 0.3) is 0 Å². The highest BCUT2D eigenvalue weighted by atomic mass is 19.3. The highest BCUT2D eigenvalue weighted by Crippen LogP contribution is 2.30. The van der Waals surface area contributed by atoms with Crippen molar-refractivity contribution in [1.82, 2.24) is 10.6 Å². The van der Waals surface area contributed by atoms with E-state index < -0.39 is 6.61 Å². The monoisotopic (exact) mass is 448 g/mol. The molecule has 1 aliphatic heterocycles. The molecule has 1 heterocycles. The fourth-order valence-corrected chi connectivity index (χ4v) is 3.61. The summed E-state index contributed by atoms with van der Waals surface area (Å²) >= 11 is 0. The van der Waals surface area contributed by atoms with Crippen molar-refractivity contribution in [3.8, 4) is 17.2 Å². The number of alkyl halides is 2. The van der Waals surface area contributed by atoms with Crippen molar-refractivity contribution in [3.63, 3.8) is 0 Å². The van der Waals surface area contributed by atoms with Crippen LogP contribution in [0.2, 0.25) is 0 Å². The standard InChI is InChI=1S/C23H30F2N4O3/c1-4-26-23(27-14-16-7-5-6-8-21(16)32-22(24)25)28-17-9-10-29(15-17)18-11-19(30-2)13-20(12-18)31-3/h5-8,11-13,17,22H,4,9-10,14-15H2,1-3H3,(H2,26,27,28). The van der Waals surface area contributed by atoms with E-state index in [1.165, 1.54) is 6.07 Å². The highest BCUT2D eigenvalue weighted by molar-refractivity contribution is 5.80. The molecule has 0 spiro atoms. The molecule has 2 N–H and O–H groups in total. The van der Waals surface area contributed by atoms with Crippen molar-refractivity contribution >= 4 is 11.6 Å². The number of nitrogens with zero attached hydrogens (tertiary/aromatic N) is 2. The molecule has 2 aromatic rings. The number of benzene rings is 2. The number of para-hydroxylation sites is 1. The Morgan fingerprint density at radius 1 is 1.16 bits per heavy atom. The quantitative estimate of drug-likeness (QED) is 0.451.